The summed E-state index contributed by atoms with van der Waals surface area (Å²) in [6.07, 6.45) is 1.65. The third-order valence-electron chi connectivity index (χ3n) is 4.27. The van der Waals surface area contributed by atoms with E-state index in [-0.39, 0.29) is 30.6 Å². The fraction of sp³-hybridized carbons (Fsp3) is 0.100. The minimum atomic E-state index is -0.334. The second-order valence-corrected chi connectivity index (χ2v) is 5.90. The van der Waals surface area contributed by atoms with Gasteiger partial charge in [-0.1, -0.05) is 18.2 Å². The van der Waals surface area contributed by atoms with Crippen LogP contribution >= 0.6 is 0 Å². The van der Waals surface area contributed by atoms with E-state index >= 15 is 0 Å². The Morgan fingerprint density at radius 1 is 1.08 bits per heavy atom. The number of carbonyl (C=O) groups excluding carboxylic acids is 1. The zero-order valence-corrected chi connectivity index (χ0v) is 13.8. The maximum atomic E-state index is 13.3. The molecule has 4 aromatic rings. The van der Waals surface area contributed by atoms with E-state index < -0.39 is 0 Å². The predicted molar refractivity (Wildman–Crippen MR) is 98.0 cm³/mol. The van der Waals surface area contributed by atoms with Crippen LogP contribution in [0.2, 0.25) is 0 Å². The first-order valence-electron chi connectivity index (χ1n) is 8.23. The largest absolute Gasteiger partial charge is 0.395 e. The van der Waals surface area contributed by atoms with Crippen LogP contribution in [0.4, 0.5) is 4.39 Å². The summed E-state index contributed by atoms with van der Waals surface area (Å²) < 4.78 is 15.3. The molecule has 0 fully saturated rings. The van der Waals surface area contributed by atoms with Crippen LogP contribution in [0, 0.1) is 5.82 Å². The summed E-state index contributed by atoms with van der Waals surface area (Å²) in [6.45, 7) is 0.0494. The Morgan fingerprint density at radius 3 is 2.62 bits per heavy atom. The number of aromatic nitrogens is 2. The van der Waals surface area contributed by atoms with Crippen molar-refractivity contribution in [2.24, 2.45) is 0 Å². The van der Waals surface area contributed by atoms with Crippen LogP contribution in [-0.2, 0) is 0 Å². The normalized spacial score (nSPS) is 11.2. The SMILES string of the molecule is O=C(NCCO)c1cc2c3ccccc3n(-c3ccc(F)cc3)c2cn1. The van der Waals surface area contributed by atoms with Crippen molar-refractivity contribution in [3.63, 3.8) is 0 Å². The lowest BCUT2D eigenvalue weighted by Crippen LogP contribution is -2.27. The molecule has 2 N–H and O–H groups in total. The van der Waals surface area contributed by atoms with Gasteiger partial charge in [-0.3, -0.25) is 4.79 Å². The van der Waals surface area contributed by atoms with E-state index in [1.165, 1.54) is 12.1 Å². The zero-order chi connectivity index (χ0) is 18.1. The number of nitrogens with one attached hydrogen (secondary N) is 1. The molecule has 0 bridgehead atoms. The van der Waals surface area contributed by atoms with E-state index in [0.717, 1.165) is 27.5 Å². The number of halogens is 1. The number of hydrogen-bond acceptors (Lipinski definition) is 3. The van der Waals surface area contributed by atoms with Gasteiger partial charge in [-0.05, 0) is 36.4 Å². The van der Waals surface area contributed by atoms with Gasteiger partial charge in [-0.15, -0.1) is 0 Å². The van der Waals surface area contributed by atoms with Crippen molar-refractivity contribution in [1.29, 1.82) is 0 Å². The molecule has 0 aliphatic heterocycles. The molecule has 0 aliphatic carbocycles. The van der Waals surface area contributed by atoms with E-state index in [1.54, 1.807) is 24.4 Å². The highest BCUT2D eigenvalue weighted by molar-refractivity contribution is 6.10. The molecule has 2 aromatic carbocycles. The van der Waals surface area contributed by atoms with Crippen LogP contribution in [0.15, 0.2) is 60.8 Å². The Balaban J connectivity index is 1.94. The van der Waals surface area contributed by atoms with Gasteiger partial charge in [-0.25, -0.2) is 9.37 Å². The van der Waals surface area contributed by atoms with E-state index in [0.29, 0.717) is 0 Å². The molecular weight excluding hydrogens is 333 g/mol. The van der Waals surface area contributed by atoms with Gasteiger partial charge in [0.2, 0.25) is 0 Å². The summed E-state index contributed by atoms with van der Waals surface area (Å²) in [5.74, 6) is -0.630. The standard InChI is InChI=1S/C20H16FN3O2/c21-13-5-7-14(8-6-13)24-18-4-2-1-3-15(18)16-11-17(23-12-19(16)24)20(26)22-9-10-25/h1-8,11-12,25H,9-10H2,(H,22,26). The average molecular weight is 349 g/mol. The monoisotopic (exact) mass is 349 g/mol. The van der Waals surface area contributed by atoms with E-state index in [9.17, 15) is 9.18 Å². The highest BCUT2D eigenvalue weighted by Gasteiger charge is 2.15. The minimum Gasteiger partial charge on any atom is -0.395 e. The minimum absolute atomic E-state index is 0.127. The lowest BCUT2D eigenvalue weighted by atomic mass is 10.1. The van der Waals surface area contributed by atoms with Crippen molar-refractivity contribution in [3.05, 3.63) is 72.3 Å². The quantitative estimate of drug-likeness (QED) is 0.595. The van der Waals surface area contributed by atoms with Crippen molar-refractivity contribution in [3.8, 4) is 5.69 Å². The maximum absolute atomic E-state index is 13.3. The van der Waals surface area contributed by atoms with Crippen LogP contribution in [0.1, 0.15) is 10.5 Å². The zero-order valence-electron chi connectivity index (χ0n) is 13.8. The Hall–Kier alpha value is -3.25. The molecule has 6 heteroatoms. The molecule has 0 saturated carbocycles. The number of carbonyl (C=O) groups is 1. The summed E-state index contributed by atoms with van der Waals surface area (Å²) in [5, 5.41) is 13.3. The molecule has 130 valence electrons. The van der Waals surface area contributed by atoms with Gasteiger partial charge < -0.3 is 15.0 Å². The second-order valence-electron chi connectivity index (χ2n) is 5.90. The van der Waals surface area contributed by atoms with Gasteiger partial charge in [0.05, 0.1) is 23.8 Å². The van der Waals surface area contributed by atoms with Crippen molar-refractivity contribution in [1.82, 2.24) is 14.9 Å². The number of fused-ring (bicyclic) bond motifs is 3. The fourth-order valence-corrected chi connectivity index (χ4v) is 3.12. The first kappa shape index (κ1) is 16.2. The van der Waals surface area contributed by atoms with Crippen LogP contribution in [0.5, 0.6) is 0 Å². The summed E-state index contributed by atoms with van der Waals surface area (Å²) in [4.78, 5) is 16.4. The second kappa shape index (κ2) is 6.57. The highest BCUT2D eigenvalue weighted by atomic mass is 19.1. The average Bonchev–Trinajstić information content (AvgIpc) is 3.00. The number of pyridine rings is 1. The van der Waals surface area contributed by atoms with Gasteiger partial charge in [-0.2, -0.15) is 0 Å². The third kappa shape index (κ3) is 2.70. The van der Waals surface area contributed by atoms with Gasteiger partial charge in [0.25, 0.3) is 5.91 Å². The molecule has 0 spiro atoms. The number of para-hydroxylation sites is 1. The highest BCUT2D eigenvalue weighted by Crippen LogP contribution is 2.31. The van der Waals surface area contributed by atoms with Crippen LogP contribution in [0.25, 0.3) is 27.5 Å². The summed E-state index contributed by atoms with van der Waals surface area (Å²) in [6, 6.07) is 15.8. The number of hydrogen-bond donors (Lipinski definition) is 2. The van der Waals surface area contributed by atoms with Gasteiger partial charge in [0.1, 0.15) is 11.5 Å². The van der Waals surface area contributed by atoms with Crippen molar-refractivity contribution in [2.75, 3.05) is 13.2 Å². The lowest BCUT2D eigenvalue weighted by molar-refractivity contribution is 0.0940. The molecule has 2 aromatic heterocycles. The molecule has 5 nitrogen and oxygen atoms in total. The number of amides is 1. The molecule has 0 aliphatic rings. The molecular formula is C20H16FN3O2. The number of aliphatic hydroxyl groups is 1. The topological polar surface area (TPSA) is 67.2 Å². The molecule has 0 radical (unpaired) electrons. The van der Waals surface area contributed by atoms with E-state index in [1.807, 2.05) is 28.8 Å². The Bertz CT molecular complexity index is 1100. The first-order chi connectivity index (χ1) is 12.7. The summed E-state index contributed by atoms with van der Waals surface area (Å²) in [7, 11) is 0. The number of benzene rings is 2. The Morgan fingerprint density at radius 2 is 1.85 bits per heavy atom. The van der Waals surface area contributed by atoms with Gasteiger partial charge >= 0.3 is 0 Å². The Kier molecular flexibility index (Phi) is 4.10. The van der Waals surface area contributed by atoms with Crippen LogP contribution in [-0.4, -0.2) is 33.7 Å². The lowest BCUT2D eigenvalue weighted by Gasteiger charge is -2.07. The first-order valence-corrected chi connectivity index (χ1v) is 8.23. The number of aliphatic hydroxyl groups excluding tert-OH is 1. The number of rotatable bonds is 4. The summed E-state index contributed by atoms with van der Waals surface area (Å²) >= 11 is 0. The van der Waals surface area contributed by atoms with E-state index in [4.69, 9.17) is 5.11 Å². The fourth-order valence-electron chi connectivity index (χ4n) is 3.12. The Labute approximate surface area is 148 Å². The number of nitrogens with zero attached hydrogens (tertiary/aromatic N) is 2. The molecule has 4 rings (SSSR count). The van der Waals surface area contributed by atoms with E-state index in [2.05, 4.69) is 10.3 Å². The van der Waals surface area contributed by atoms with Crippen LogP contribution in [0.3, 0.4) is 0 Å². The summed E-state index contributed by atoms with van der Waals surface area (Å²) in [5.41, 5.74) is 2.88. The van der Waals surface area contributed by atoms with Crippen molar-refractivity contribution >= 4 is 27.7 Å². The van der Waals surface area contributed by atoms with Crippen molar-refractivity contribution in [2.45, 2.75) is 0 Å². The van der Waals surface area contributed by atoms with Crippen molar-refractivity contribution < 1.29 is 14.3 Å². The maximum Gasteiger partial charge on any atom is 0.269 e. The van der Waals surface area contributed by atoms with Gasteiger partial charge in [0.15, 0.2) is 0 Å². The third-order valence-corrected chi connectivity index (χ3v) is 4.27. The molecule has 26 heavy (non-hydrogen) atoms. The molecule has 0 atom stereocenters. The van der Waals surface area contributed by atoms with Gasteiger partial charge in [0, 0.05) is 23.0 Å². The predicted octanol–water partition coefficient (Wildman–Crippen LogP) is 3.04. The smallest absolute Gasteiger partial charge is 0.269 e. The molecule has 2 heterocycles. The molecule has 0 saturated heterocycles. The molecule has 0 unspecified atom stereocenters. The molecule has 1 amide bonds. The van der Waals surface area contributed by atoms with Crippen LogP contribution < -0.4 is 5.32 Å².